The van der Waals surface area contributed by atoms with Gasteiger partial charge in [0.15, 0.2) is 5.82 Å². The molecule has 0 radical (unpaired) electrons. The van der Waals surface area contributed by atoms with Gasteiger partial charge in [0.05, 0.1) is 18.4 Å². The largest absolute Gasteiger partial charge is 0.465 e. The van der Waals surface area contributed by atoms with E-state index in [1.54, 1.807) is 29.2 Å². The number of hydrogen-bond donors (Lipinski definition) is 0. The van der Waals surface area contributed by atoms with Crippen LogP contribution in [-0.4, -0.2) is 27.8 Å². The highest BCUT2D eigenvalue weighted by atomic mass is 16.5. The summed E-state index contributed by atoms with van der Waals surface area (Å²) in [5.41, 5.74) is 1.35. The maximum atomic E-state index is 11.3. The molecule has 0 aliphatic carbocycles. The molecule has 2 aromatic rings. The van der Waals surface area contributed by atoms with Crippen LogP contribution in [0.5, 0.6) is 0 Å². The fourth-order valence-electron chi connectivity index (χ4n) is 1.33. The van der Waals surface area contributed by atoms with Gasteiger partial charge in [0, 0.05) is 12.4 Å². The van der Waals surface area contributed by atoms with Crippen LogP contribution in [0, 0.1) is 6.92 Å². The van der Waals surface area contributed by atoms with E-state index in [0.717, 1.165) is 5.69 Å². The first-order chi connectivity index (χ1) is 7.70. The van der Waals surface area contributed by atoms with Crippen LogP contribution in [0.25, 0.3) is 5.82 Å². The van der Waals surface area contributed by atoms with E-state index in [1.807, 2.05) is 13.0 Å². The number of carbonyl (C=O) groups is 1. The van der Waals surface area contributed by atoms with Gasteiger partial charge in [-0.3, -0.25) is 0 Å². The Morgan fingerprint density at radius 3 is 2.88 bits per heavy atom. The molecule has 5 heteroatoms. The average molecular weight is 217 g/mol. The molecular weight excluding hydrogens is 206 g/mol. The smallest absolute Gasteiger partial charge is 0.338 e. The number of carbonyl (C=O) groups excluding carboxylic acids is 1. The maximum Gasteiger partial charge on any atom is 0.338 e. The molecule has 0 unspecified atom stereocenters. The Balaban J connectivity index is 2.39. The van der Waals surface area contributed by atoms with Crippen molar-refractivity contribution in [2.45, 2.75) is 6.92 Å². The molecule has 16 heavy (non-hydrogen) atoms. The molecule has 0 bridgehead atoms. The second-order valence-electron chi connectivity index (χ2n) is 3.30. The van der Waals surface area contributed by atoms with Crippen molar-refractivity contribution in [3.8, 4) is 5.82 Å². The van der Waals surface area contributed by atoms with Crippen molar-refractivity contribution < 1.29 is 9.53 Å². The zero-order chi connectivity index (χ0) is 11.5. The van der Waals surface area contributed by atoms with Crippen LogP contribution >= 0.6 is 0 Å². The minimum Gasteiger partial charge on any atom is -0.465 e. The molecular formula is C11H11N3O2. The lowest BCUT2D eigenvalue weighted by Gasteiger charge is -2.02. The Labute approximate surface area is 92.7 Å². The fraction of sp³-hybridized carbons (Fsp3) is 0.182. The minimum absolute atomic E-state index is 0.382. The number of aromatic nitrogens is 3. The van der Waals surface area contributed by atoms with Gasteiger partial charge in [-0.15, -0.1) is 0 Å². The molecule has 0 amide bonds. The molecule has 0 aliphatic rings. The van der Waals surface area contributed by atoms with Gasteiger partial charge in [0.25, 0.3) is 0 Å². The Morgan fingerprint density at radius 1 is 1.44 bits per heavy atom. The fourth-order valence-corrected chi connectivity index (χ4v) is 1.33. The minimum atomic E-state index is -0.382. The highest BCUT2D eigenvalue weighted by molar-refractivity contribution is 5.89. The van der Waals surface area contributed by atoms with E-state index in [-0.39, 0.29) is 5.97 Å². The molecule has 0 saturated heterocycles. The van der Waals surface area contributed by atoms with Crippen molar-refractivity contribution in [2.24, 2.45) is 0 Å². The van der Waals surface area contributed by atoms with Crippen LogP contribution in [-0.2, 0) is 4.74 Å². The molecule has 0 aromatic carbocycles. The van der Waals surface area contributed by atoms with Crippen molar-refractivity contribution in [3.05, 3.63) is 41.9 Å². The Hall–Kier alpha value is -2.17. The number of methoxy groups -OCH3 is 1. The lowest BCUT2D eigenvalue weighted by Crippen LogP contribution is -2.05. The van der Waals surface area contributed by atoms with Gasteiger partial charge in [-0.05, 0) is 25.1 Å². The number of nitrogens with zero attached hydrogens (tertiary/aromatic N) is 3. The Bertz CT molecular complexity index is 519. The molecule has 2 heterocycles. The molecule has 82 valence electrons. The molecule has 2 rings (SSSR count). The van der Waals surface area contributed by atoms with Crippen LogP contribution in [0.15, 0.2) is 30.6 Å². The van der Waals surface area contributed by atoms with Crippen molar-refractivity contribution in [1.29, 1.82) is 0 Å². The molecule has 2 aromatic heterocycles. The molecule has 0 aliphatic heterocycles. The van der Waals surface area contributed by atoms with E-state index in [1.165, 1.54) is 7.11 Å². The number of esters is 1. The van der Waals surface area contributed by atoms with Gasteiger partial charge in [0.1, 0.15) is 0 Å². The normalized spacial score (nSPS) is 10.1. The standard InChI is InChI=1S/C11H11N3O2/c1-8-4-6-14(13-8)10-7-9(3-5-12-10)11(15)16-2/h3-7H,1-2H3. The molecule has 0 spiro atoms. The topological polar surface area (TPSA) is 57.0 Å². The number of hydrogen-bond acceptors (Lipinski definition) is 4. The van der Waals surface area contributed by atoms with Crippen LogP contribution in [0.4, 0.5) is 0 Å². The van der Waals surface area contributed by atoms with Crippen LogP contribution in [0.2, 0.25) is 0 Å². The summed E-state index contributed by atoms with van der Waals surface area (Å²) >= 11 is 0. The molecule has 5 nitrogen and oxygen atoms in total. The Morgan fingerprint density at radius 2 is 2.25 bits per heavy atom. The summed E-state index contributed by atoms with van der Waals surface area (Å²) in [5, 5.41) is 4.21. The van der Waals surface area contributed by atoms with Gasteiger partial charge < -0.3 is 4.74 Å². The quantitative estimate of drug-likeness (QED) is 0.713. The van der Waals surface area contributed by atoms with Gasteiger partial charge in [-0.25, -0.2) is 14.5 Å². The van der Waals surface area contributed by atoms with E-state index in [2.05, 4.69) is 14.8 Å². The monoisotopic (exact) mass is 217 g/mol. The zero-order valence-corrected chi connectivity index (χ0v) is 9.04. The van der Waals surface area contributed by atoms with E-state index in [9.17, 15) is 4.79 Å². The van der Waals surface area contributed by atoms with Crippen molar-refractivity contribution in [3.63, 3.8) is 0 Å². The highest BCUT2D eigenvalue weighted by Gasteiger charge is 2.07. The first-order valence-corrected chi connectivity index (χ1v) is 4.78. The predicted octanol–water partition coefficient (Wildman–Crippen LogP) is 1.36. The predicted molar refractivity (Wildman–Crippen MR) is 57.4 cm³/mol. The maximum absolute atomic E-state index is 11.3. The summed E-state index contributed by atoms with van der Waals surface area (Å²) in [6.07, 6.45) is 3.34. The van der Waals surface area contributed by atoms with Crippen LogP contribution in [0.1, 0.15) is 16.1 Å². The van der Waals surface area contributed by atoms with Gasteiger partial charge in [-0.1, -0.05) is 0 Å². The first kappa shape index (κ1) is 10.4. The molecule has 0 N–H and O–H groups in total. The summed E-state index contributed by atoms with van der Waals surface area (Å²) in [7, 11) is 1.35. The first-order valence-electron chi connectivity index (χ1n) is 4.78. The summed E-state index contributed by atoms with van der Waals surface area (Å²) in [5.74, 6) is 0.212. The van der Waals surface area contributed by atoms with Crippen molar-refractivity contribution in [2.75, 3.05) is 7.11 Å². The average Bonchev–Trinajstić information content (AvgIpc) is 2.75. The van der Waals surface area contributed by atoms with Gasteiger partial charge >= 0.3 is 5.97 Å². The van der Waals surface area contributed by atoms with Gasteiger partial charge in [0.2, 0.25) is 0 Å². The number of ether oxygens (including phenoxy) is 1. The zero-order valence-electron chi connectivity index (χ0n) is 9.04. The van der Waals surface area contributed by atoms with E-state index in [0.29, 0.717) is 11.4 Å². The number of pyridine rings is 1. The van der Waals surface area contributed by atoms with E-state index >= 15 is 0 Å². The summed E-state index contributed by atoms with van der Waals surface area (Å²) in [6, 6.07) is 5.11. The lowest BCUT2D eigenvalue weighted by atomic mass is 10.2. The summed E-state index contributed by atoms with van der Waals surface area (Å²) < 4.78 is 6.25. The molecule has 0 fully saturated rings. The highest BCUT2D eigenvalue weighted by Crippen LogP contribution is 2.08. The third-order valence-electron chi connectivity index (χ3n) is 2.12. The molecule has 0 atom stereocenters. The van der Waals surface area contributed by atoms with E-state index < -0.39 is 0 Å². The second kappa shape index (κ2) is 4.14. The SMILES string of the molecule is COC(=O)c1ccnc(-n2ccc(C)n2)c1. The lowest BCUT2D eigenvalue weighted by molar-refractivity contribution is 0.0600. The van der Waals surface area contributed by atoms with E-state index in [4.69, 9.17) is 0 Å². The van der Waals surface area contributed by atoms with Crippen molar-refractivity contribution >= 4 is 5.97 Å². The molecule has 0 saturated carbocycles. The number of aryl methyl sites for hydroxylation is 1. The summed E-state index contributed by atoms with van der Waals surface area (Å²) in [6.45, 7) is 1.89. The van der Waals surface area contributed by atoms with Crippen LogP contribution < -0.4 is 0 Å². The number of rotatable bonds is 2. The second-order valence-corrected chi connectivity index (χ2v) is 3.30. The third-order valence-corrected chi connectivity index (χ3v) is 2.12. The Kier molecular flexibility index (Phi) is 2.68. The van der Waals surface area contributed by atoms with Crippen molar-refractivity contribution in [1.82, 2.24) is 14.8 Å². The van der Waals surface area contributed by atoms with Crippen LogP contribution in [0.3, 0.4) is 0 Å². The third kappa shape index (κ3) is 1.93. The summed E-state index contributed by atoms with van der Waals surface area (Å²) in [4.78, 5) is 15.5. The van der Waals surface area contributed by atoms with Gasteiger partial charge in [-0.2, -0.15) is 5.10 Å².